The number of carbonyl (C=O) groups is 2. The number of hydrogen-bond acceptors (Lipinski definition) is 8. The second-order valence-corrected chi connectivity index (χ2v) is 7.38. The minimum Gasteiger partial charge on any atom is -0.460 e. The lowest BCUT2D eigenvalue weighted by Gasteiger charge is -2.12. The van der Waals surface area contributed by atoms with Gasteiger partial charge in [0.15, 0.2) is 0 Å². The van der Waals surface area contributed by atoms with E-state index in [1.807, 2.05) is 13.8 Å². The summed E-state index contributed by atoms with van der Waals surface area (Å²) in [5.74, 6) is 6.02. The van der Waals surface area contributed by atoms with Crippen molar-refractivity contribution < 1.29 is 19.1 Å². The summed E-state index contributed by atoms with van der Waals surface area (Å²) in [6.07, 6.45) is 10.3. The van der Waals surface area contributed by atoms with Crippen LogP contribution in [0.2, 0.25) is 0 Å². The van der Waals surface area contributed by atoms with Crippen LogP contribution in [0.3, 0.4) is 0 Å². The summed E-state index contributed by atoms with van der Waals surface area (Å²) in [6.45, 7) is 4.07. The molecule has 0 heterocycles. The maximum absolute atomic E-state index is 11.9. The standard InChI is InChI=1S/C19H22N2O4S2.C2H6/c1-3-9-26-12-16(20)18(22)24-11-14-5-7-15(8-6-14)25-19(23)17(21)13-27-10-4-2;1-2/h1-2,5-8,16-17H,9-13,20-21H2;1-2H3. The highest BCUT2D eigenvalue weighted by Crippen LogP contribution is 2.14. The van der Waals surface area contributed by atoms with Crippen molar-refractivity contribution in [3.8, 4) is 30.4 Å². The van der Waals surface area contributed by atoms with E-state index in [4.69, 9.17) is 33.8 Å². The van der Waals surface area contributed by atoms with Crippen LogP contribution >= 0.6 is 23.5 Å². The van der Waals surface area contributed by atoms with E-state index in [9.17, 15) is 9.59 Å². The second-order valence-electron chi connectivity index (χ2n) is 5.32. The maximum Gasteiger partial charge on any atom is 0.329 e. The summed E-state index contributed by atoms with van der Waals surface area (Å²) < 4.78 is 10.4. The second kappa shape index (κ2) is 16.8. The highest BCUT2D eigenvalue weighted by atomic mass is 32.2. The molecule has 1 aromatic carbocycles. The Labute approximate surface area is 181 Å². The fourth-order valence-corrected chi connectivity index (χ4v) is 2.98. The zero-order chi connectivity index (χ0) is 22.1. The molecule has 0 aliphatic heterocycles. The molecule has 2 unspecified atom stereocenters. The summed E-state index contributed by atoms with van der Waals surface area (Å²) in [5.41, 5.74) is 12.2. The molecule has 4 N–H and O–H groups in total. The number of hydrogen-bond donors (Lipinski definition) is 2. The number of thioether (sulfide) groups is 2. The van der Waals surface area contributed by atoms with Gasteiger partial charge in [-0.3, -0.25) is 4.79 Å². The first kappa shape index (κ1) is 26.9. The molecular formula is C21H28N2O4S2. The van der Waals surface area contributed by atoms with E-state index in [0.29, 0.717) is 28.8 Å². The monoisotopic (exact) mass is 436 g/mol. The fourth-order valence-electron chi connectivity index (χ4n) is 1.73. The van der Waals surface area contributed by atoms with E-state index in [1.54, 1.807) is 24.3 Å². The van der Waals surface area contributed by atoms with Crippen LogP contribution < -0.4 is 16.2 Å². The van der Waals surface area contributed by atoms with Gasteiger partial charge in [0, 0.05) is 11.5 Å². The largest absolute Gasteiger partial charge is 0.460 e. The van der Waals surface area contributed by atoms with Crippen molar-refractivity contribution in [1.29, 1.82) is 0 Å². The molecule has 0 radical (unpaired) electrons. The Morgan fingerprint density at radius 3 is 1.93 bits per heavy atom. The lowest BCUT2D eigenvalue weighted by atomic mass is 10.2. The average molecular weight is 437 g/mol. The summed E-state index contributed by atoms with van der Waals surface area (Å²) in [4.78, 5) is 23.7. The van der Waals surface area contributed by atoms with Crippen molar-refractivity contribution in [3.05, 3.63) is 29.8 Å². The molecule has 0 aromatic heterocycles. The highest BCUT2D eigenvalue weighted by molar-refractivity contribution is 7.99. The predicted octanol–water partition coefficient (Wildman–Crippen LogP) is 2.05. The third-order valence-electron chi connectivity index (χ3n) is 3.09. The number of ether oxygens (including phenoxy) is 2. The average Bonchev–Trinajstić information content (AvgIpc) is 2.74. The van der Waals surface area contributed by atoms with Gasteiger partial charge in [-0.05, 0) is 17.7 Å². The normalized spacial score (nSPS) is 11.7. The summed E-state index contributed by atoms with van der Waals surface area (Å²) in [7, 11) is 0. The first-order valence-electron chi connectivity index (χ1n) is 8.98. The van der Waals surface area contributed by atoms with Crippen LogP contribution in [0.5, 0.6) is 5.75 Å². The van der Waals surface area contributed by atoms with Crippen LogP contribution in [-0.4, -0.2) is 47.0 Å². The number of terminal acetylenes is 2. The van der Waals surface area contributed by atoms with E-state index >= 15 is 0 Å². The molecule has 0 spiro atoms. The molecule has 1 aromatic rings. The van der Waals surface area contributed by atoms with E-state index in [0.717, 1.165) is 5.56 Å². The van der Waals surface area contributed by atoms with Gasteiger partial charge in [-0.25, -0.2) is 4.79 Å². The molecular weight excluding hydrogens is 408 g/mol. The van der Waals surface area contributed by atoms with Gasteiger partial charge in [-0.15, -0.1) is 36.4 Å². The molecule has 0 saturated heterocycles. The van der Waals surface area contributed by atoms with Crippen molar-refractivity contribution in [2.75, 3.05) is 23.0 Å². The van der Waals surface area contributed by atoms with Crippen LogP contribution in [0.1, 0.15) is 19.4 Å². The Hall–Kier alpha value is -2.10. The fraction of sp³-hybridized carbons (Fsp3) is 0.429. The van der Waals surface area contributed by atoms with Gasteiger partial charge in [0.2, 0.25) is 0 Å². The molecule has 0 bridgehead atoms. The summed E-state index contributed by atoms with van der Waals surface area (Å²) >= 11 is 2.78. The number of rotatable bonds is 11. The van der Waals surface area contributed by atoms with Crippen molar-refractivity contribution in [1.82, 2.24) is 0 Å². The molecule has 0 aliphatic rings. The summed E-state index contributed by atoms with van der Waals surface area (Å²) in [6, 6.07) is 5.10. The first-order valence-corrected chi connectivity index (χ1v) is 11.3. The van der Waals surface area contributed by atoms with Gasteiger partial charge in [-0.2, -0.15) is 0 Å². The van der Waals surface area contributed by atoms with E-state index in [1.165, 1.54) is 23.5 Å². The Kier molecular flexibility index (Phi) is 15.6. The van der Waals surface area contributed by atoms with Gasteiger partial charge in [0.1, 0.15) is 24.4 Å². The van der Waals surface area contributed by atoms with Crippen LogP contribution in [0.15, 0.2) is 24.3 Å². The smallest absolute Gasteiger partial charge is 0.329 e. The third-order valence-corrected chi connectivity index (χ3v) is 5.03. The minimum atomic E-state index is -0.752. The Balaban J connectivity index is 0.00000379. The molecule has 8 heteroatoms. The van der Waals surface area contributed by atoms with Crippen molar-refractivity contribution in [2.24, 2.45) is 11.5 Å². The zero-order valence-corrected chi connectivity index (χ0v) is 18.4. The molecule has 29 heavy (non-hydrogen) atoms. The maximum atomic E-state index is 11.9. The lowest BCUT2D eigenvalue weighted by Crippen LogP contribution is -2.36. The van der Waals surface area contributed by atoms with Crippen molar-refractivity contribution >= 4 is 35.5 Å². The number of nitrogens with two attached hydrogens (primary N) is 2. The SMILES string of the molecule is C#CCSCC(N)C(=O)OCc1ccc(OC(=O)C(N)CSCC#C)cc1.CC. The Bertz CT molecular complexity index is 696. The van der Waals surface area contributed by atoms with Gasteiger partial charge in [0.25, 0.3) is 0 Å². The van der Waals surface area contributed by atoms with Gasteiger partial charge >= 0.3 is 11.9 Å². The van der Waals surface area contributed by atoms with E-state index in [-0.39, 0.29) is 6.61 Å². The number of esters is 2. The number of benzene rings is 1. The van der Waals surface area contributed by atoms with E-state index in [2.05, 4.69) is 11.8 Å². The van der Waals surface area contributed by atoms with Crippen molar-refractivity contribution in [2.45, 2.75) is 32.5 Å². The van der Waals surface area contributed by atoms with Crippen LogP contribution in [-0.2, 0) is 20.9 Å². The molecule has 6 nitrogen and oxygen atoms in total. The lowest BCUT2D eigenvalue weighted by molar-refractivity contribution is -0.145. The van der Waals surface area contributed by atoms with Crippen LogP contribution in [0.4, 0.5) is 0 Å². The van der Waals surface area contributed by atoms with Crippen molar-refractivity contribution in [3.63, 3.8) is 0 Å². The zero-order valence-electron chi connectivity index (χ0n) is 16.8. The van der Waals surface area contributed by atoms with E-state index < -0.39 is 24.0 Å². The number of carbonyl (C=O) groups excluding carboxylic acids is 2. The Morgan fingerprint density at radius 1 is 0.966 bits per heavy atom. The topological polar surface area (TPSA) is 105 Å². The molecule has 0 saturated carbocycles. The predicted molar refractivity (Wildman–Crippen MR) is 121 cm³/mol. The molecule has 0 fully saturated rings. The molecule has 2 atom stereocenters. The highest BCUT2D eigenvalue weighted by Gasteiger charge is 2.17. The van der Waals surface area contributed by atoms with Gasteiger partial charge < -0.3 is 20.9 Å². The van der Waals surface area contributed by atoms with Crippen LogP contribution in [0, 0.1) is 24.7 Å². The van der Waals surface area contributed by atoms with Gasteiger partial charge in [-0.1, -0.05) is 37.8 Å². The first-order chi connectivity index (χ1) is 14.0. The summed E-state index contributed by atoms with van der Waals surface area (Å²) in [5, 5.41) is 0. The molecule has 0 aliphatic carbocycles. The Morgan fingerprint density at radius 2 is 1.45 bits per heavy atom. The molecule has 1 rings (SSSR count). The molecule has 158 valence electrons. The van der Waals surface area contributed by atoms with Gasteiger partial charge in [0.05, 0.1) is 11.5 Å². The quantitative estimate of drug-likeness (QED) is 0.235. The molecule has 0 amide bonds. The minimum absolute atomic E-state index is 0.0722. The third kappa shape index (κ3) is 12.1. The van der Waals surface area contributed by atoms with Crippen LogP contribution in [0.25, 0.3) is 0 Å².